The van der Waals surface area contributed by atoms with Gasteiger partial charge in [-0.1, -0.05) is 18.2 Å². The normalized spacial score (nSPS) is 11.9. The summed E-state index contributed by atoms with van der Waals surface area (Å²) in [6.07, 6.45) is 0.728. The molecular weight excluding hydrogens is 374 g/mol. The summed E-state index contributed by atoms with van der Waals surface area (Å²) in [6.45, 7) is 2.59. The van der Waals surface area contributed by atoms with Crippen molar-refractivity contribution in [2.45, 2.75) is 18.2 Å². The van der Waals surface area contributed by atoms with Gasteiger partial charge in [0.25, 0.3) is 5.91 Å². The molecule has 0 saturated carbocycles. The van der Waals surface area contributed by atoms with Crippen molar-refractivity contribution in [3.63, 3.8) is 0 Å². The summed E-state index contributed by atoms with van der Waals surface area (Å²) in [7, 11) is 1.50. The fourth-order valence-corrected chi connectivity index (χ4v) is 4.21. The molecule has 1 heterocycles. The first kappa shape index (κ1) is 20.1. The fourth-order valence-electron chi connectivity index (χ4n) is 3.31. The number of aromatic nitrogens is 1. The molecule has 0 fully saturated rings. The van der Waals surface area contributed by atoms with Crippen LogP contribution >= 0.6 is 0 Å². The highest BCUT2D eigenvalue weighted by atomic mass is 32.2. The van der Waals surface area contributed by atoms with Gasteiger partial charge in [-0.25, -0.2) is 12.7 Å². The quantitative estimate of drug-likeness (QED) is 0.693. The van der Waals surface area contributed by atoms with Gasteiger partial charge < -0.3 is 9.88 Å². The van der Waals surface area contributed by atoms with E-state index in [-0.39, 0.29) is 10.8 Å². The minimum atomic E-state index is -3.50. The molecular formula is C21H25N3O3S. The van der Waals surface area contributed by atoms with Crippen LogP contribution in [0.1, 0.15) is 21.6 Å². The van der Waals surface area contributed by atoms with Crippen LogP contribution in [-0.2, 0) is 23.5 Å². The van der Waals surface area contributed by atoms with E-state index in [2.05, 4.69) is 28.9 Å². The summed E-state index contributed by atoms with van der Waals surface area (Å²) in [4.78, 5) is 12.6. The van der Waals surface area contributed by atoms with E-state index in [1.165, 1.54) is 60.5 Å². The molecule has 0 radical (unpaired) electrons. The number of hydrogen-bond acceptors (Lipinski definition) is 3. The second-order valence-corrected chi connectivity index (χ2v) is 9.11. The number of benzene rings is 2. The maximum atomic E-state index is 12.4. The molecule has 148 valence electrons. The zero-order chi connectivity index (χ0) is 20.5. The molecule has 0 bridgehead atoms. The molecule has 3 aromatic rings. The minimum absolute atomic E-state index is 0.167. The van der Waals surface area contributed by atoms with Gasteiger partial charge in [0, 0.05) is 49.8 Å². The van der Waals surface area contributed by atoms with Gasteiger partial charge in [0.15, 0.2) is 0 Å². The molecule has 0 aliphatic rings. The Morgan fingerprint density at radius 2 is 1.71 bits per heavy atom. The predicted octanol–water partition coefficient (Wildman–Crippen LogP) is 2.71. The van der Waals surface area contributed by atoms with E-state index in [9.17, 15) is 13.2 Å². The lowest BCUT2D eigenvalue weighted by Crippen LogP contribution is -2.26. The Bertz CT molecular complexity index is 1110. The van der Waals surface area contributed by atoms with Crippen LogP contribution < -0.4 is 5.32 Å². The van der Waals surface area contributed by atoms with Crippen LogP contribution in [0.15, 0.2) is 53.4 Å². The van der Waals surface area contributed by atoms with Crippen molar-refractivity contribution in [2.75, 3.05) is 20.6 Å². The monoisotopic (exact) mass is 399 g/mol. The molecule has 1 N–H and O–H groups in total. The first-order chi connectivity index (χ1) is 13.2. The summed E-state index contributed by atoms with van der Waals surface area (Å²) < 4.78 is 27.5. The molecule has 0 saturated heterocycles. The second kappa shape index (κ2) is 7.77. The highest BCUT2D eigenvalue weighted by Crippen LogP contribution is 2.24. The van der Waals surface area contributed by atoms with E-state index in [4.69, 9.17) is 0 Å². The molecule has 6 nitrogen and oxygen atoms in total. The molecule has 0 atom stereocenters. The number of hydrogen-bond donors (Lipinski definition) is 1. The lowest BCUT2D eigenvalue weighted by Gasteiger charge is -2.11. The Hall–Kier alpha value is -2.64. The smallest absolute Gasteiger partial charge is 0.251 e. The van der Waals surface area contributed by atoms with Crippen LogP contribution in [0.25, 0.3) is 10.9 Å². The summed E-state index contributed by atoms with van der Waals surface area (Å²) in [5, 5.41) is 4.13. The number of carbonyl (C=O) groups excluding carboxylic acids is 1. The Morgan fingerprint density at radius 3 is 2.36 bits per heavy atom. The molecule has 1 aromatic heterocycles. The number of fused-ring (bicyclic) bond motifs is 1. The summed E-state index contributed by atoms with van der Waals surface area (Å²) in [6, 6.07) is 14.2. The lowest BCUT2D eigenvalue weighted by molar-refractivity contribution is 0.0954. The van der Waals surface area contributed by atoms with Gasteiger partial charge in [0.2, 0.25) is 10.0 Å². The fraction of sp³-hybridized carbons (Fsp3) is 0.286. The molecule has 3 rings (SSSR count). The molecule has 0 unspecified atom stereocenters. The van der Waals surface area contributed by atoms with Crippen molar-refractivity contribution >= 4 is 26.8 Å². The van der Waals surface area contributed by atoms with E-state index < -0.39 is 10.0 Å². The SMILES string of the molecule is Cc1c(CCNC(=O)c2ccc(S(=O)(=O)N(C)C)cc2)c2ccccc2n1C. The highest BCUT2D eigenvalue weighted by molar-refractivity contribution is 7.89. The van der Waals surface area contributed by atoms with E-state index in [0.29, 0.717) is 12.1 Å². The number of carbonyl (C=O) groups is 1. The number of nitrogens with zero attached hydrogens (tertiary/aromatic N) is 2. The van der Waals surface area contributed by atoms with Crippen LogP contribution in [-0.4, -0.2) is 43.8 Å². The van der Waals surface area contributed by atoms with Crippen molar-refractivity contribution in [2.24, 2.45) is 7.05 Å². The Morgan fingerprint density at radius 1 is 1.07 bits per heavy atom. The van der Waals surface area contributed by atoms with Crippen molar-refractivity contribution in [1.82, 2.24) is 14.2 Å². The van der Waals surface area contributed by atoms with Crippen molar-refractivity contribution < 1.29 is 13.2 Å². The molecule has 2 aromatic carbocycles. The molecule has 0 aliphatic carbocycles. The standard InChI is InChI=1S/C21H25N3O3S/c1-15-18(19-7-5-6-8-20(19)24(15)4)13-14-22-21(25)16-9-11-17(12-10-16)28(26,27)23(2)3/h5-12H,13-14H2,1-4H3,(H,22,25). The third-order valence-corrected chi connectivity index (χ3v) is 6.92. The number of amides is 1. The summed E-state index contributed by atoms with van der Waals surface area (Å²) >= 11 is 0. The van der Waals surface area contributed by atoms with Crippen LogP contribution in [0.3, 0.4) is 0 Å². The number of sulfonamides is 1. The Kier molecular flexibility index (Phi) is 5.58. The summed E-state index contributed by atoms with van der Waals surface area (Å²) in [5.41, 5.74) is 4.03. The average molecular weight is 400 g/mol. The third kappa shape index (κ3) is 3.68. The van der Waals surface area contributed by atoms with E-state index in [1.54, 1.807) is 0 Å². The van der Waals surface area contributed by atoms with Gasteiger partial charge in [0.05, 0.1) is 4.90 Å². The van der Waals surface area contributed by atoms with Crippen LogP contribution in [0.2, 0.25) is 0 Å². The molecule has 0 spiro atoms. The van der Waals surface area contributed by atoms with Crippen molar-refractivity contribution in [3.8, 4) is 0 Å². The van der Waals surface area contributed by atoms with Gasteiger partial charge >= 0.3 is 0 Å². The highest BCUT2D eigenvalue weighted by Gasteiger charge is 2.17. The number of nitrogens with one attached hydrogen (secondary N) is 1. The van der Waals surface area contributed by atoms with Crippen LogP contribution in [0, 0.1) is 6.92 Å². The molecule has 28 heavy (non-hydrogen) atoms. The van der Waals surface area contributed by atoms with Crippen molar-refractivity contribution in [3.05, 3.63) is 65.4 Å². The van der Waals surface area contributed by atoms with Crippen LogP contribution in [0.5, 0.6) is 0 Å². The minimum Gasteiger partial charge on any atom is -0.352 e. The average Bonchev–Trinajstić information content (AvgIpc) is 2.93. The van der Waals surface area contributed by atoms with Crippen molar-refractivity contribution in [1.29, 1.82) is 0 Å². The zero-order valence-electron chi connectivity index (χ0n) is 16.6. The van der Waals surface area contributed by atoms with E-state index in [0.717, 1.165) is 10.7 Å². The van der Waals surface area contributed by atoms with Gasteiger partial charge in [-0.15, -0.1) is 0 Å². The Labute approximate surface area is 165 Å². The zero-order valence-corrected chi connectivity index (χ0v) is 17.4. The predicted molar refractivity (Wildman–Crippen MR) is 111 cm³/mol. The third-order valence-electron chi connectivity index (χ3n) is 5.09. The van der Waals surface area contributed by atoms with E-state index >= 15 is 0 Å². The maximum absolute atomic E-state index is 12.4. The lowest BCUT2D eigenvalue weighted by atomic mass is 10.1. The molecule has 1 amide bonds. The van der Waals surface area contributed by atoms with Gasteiger partial charge in [0.1, 0.15) is 0 Å². The number of rotatable bonds is 6. The number of aryl methyl sites for hydroxylation is 1. The number of para-hydroxylation sites is 1. The summed E-state index contributed by atoms with van der Waals surface area (Å²) in [5.74, 6) is -0.216. The first-order valence-electron chi connectivity index (χ1n) is 9.07. The molecule has 7 heteroatoms. The van der Waals surface area contributed by atoms with Gasteiger partial charge in [-0.3, -0.25) is 4.79 Å². The topological polar surface area (TPSA) is 71.4 Å². The first-order valence-corrected chi connectivity index (χ1v) is 10.5. The largest absolute Gasteiger partial charge is 0.352 e. The van der Waals surface area contributed by atoms with Gasteiger partial charge in [-0.2, -0.15) is 0 Å². The van der Waals surface area contributed by atoms with Gasteiger partial charge in [-0.05, 0) is 49.2 Å². The van der Waals surface area contributed by atoms with Crippen LogP contribution in [0.4, 0.5) is 0 Å². The Balaban J connectivity index is 1.68. The maximum Gasteiger partial charge on any atom is 0.251 e. The molecule has 0 aliphatic heterocycles. The second-order valence-electron chi connectivity index (χ2n) is 6.96. The van der Waals surface area contributed by atoms with E-state index in [1.807, 2.05) is 19.2 Å².